The molecule has 0 radical (unpaired) electrons. The summed E-state index contributed by atoms with van der Waals surface area (Å²) in [6.45, 7) is 3.06. The van der Waals surface area contributed by atoms with E-state index in [1.165, 1.54) is 28.2 Å². The second-order valence-electron chi connectivity index (χ2n) is 9.92. The van der Waals surface area contributed by atoms with Gasteiger partial charge in [0.05, 0.1) is 4.90 Å². The Kier molecular flexibility index (Phi) is 8.00. The molecular formula is C27H35N3O5S. The van der Waals surface area contributed by atoms with Crippen LogP contribution in [0.1, 0.15) is 58.6 Å². The van der Waals surface area contributed by atoms with E-state index >= 15 is 0 Å². The van der Waals surface area contributed by atoms with E-state index < -0.39 is 15.9 Å². The number of hydrogen-bond donors (Lipinski definition) is 2. The third-order valence-electron chi connectivity index (χ3n) is 7.50. The van der Waals surface area contributed by atoms with Gasteiger partial charge in [-0.1, -0.05) is 18.2 Å². The van der Waals surface area contributed by atoms with Gasteiger partial charge in [0.1, 0.15) is 0 Å². The van der Waals surface area contributed by atoms with Crippen molar-refractivity contribution in [1.82, 2.24) is 15.1 Å². The highest BCUT2D eigenvalue weighted by Crippen LogP contribution is 2.42. The molecule has 2 aromatic rings. The molecule has 0 unspecified atom stereocenters. The largest absolute Gasteiger partial charge is 0.465 e. The number of carbonyl (C=O) groups is 2. The first-order valence-electron chi connectivity index (χ1n) is 12.5. The molecule has 1 saturated heterocycles. The van der Waals surface area contributed by atoms with Crippen LogP contribution in [0, 0.1) is 0 Å². The molecule has 0 saturated carbocycles. The van der Waals surface area contributed by atoms with E-state index in [4.69, 9.17) is 0 Å². The molecule has 8 nitrogen and oxygen atoms in total. The number of hydrogen-bond acceptors (Lipinski definition) is 5. The first kappa shape index (κ1) is 26.2. The molecule has 36 heavy (non-hydrogen) atoms. The summed E-state index contributed by atoms with van der Waals surface area (Å²) >= 11 is 0. The highest BCUT2D eigenvalue weighted by atomic mass is 32.2. The summed E-state index contributed by atoms with van der Waals surface area (Å²) in [6, 6.07) is 12.9. The molecule has 1 heterocycles. The van der Waals surface area contributed by atoms with E-state index in [1.54, 1.807) is 19.2 Å². The number of sulfone groups is 1. The van der Waals surface area contributed by atoms with Crippen LogP contribution in [-0.4, -0.2) is 74.3 Å². The average molecular weight is 514 g/mol. The number of nitrogens with one attached hydrogen (secondary N) is 1. The zero-order valence-corrected chi connectivity index (χ0v) is 21.8. The molecule has 1 fully saturated rings. The van der Waals surface area contributed by atoms with Crippen molar-refractivity contribution in [1.29, 1.82) is 0 Å². The summed E-state index contributed by atoms with van der Waals surface area (Å²) in [7, 11) is -1.66. The van der Waals surface area contributed by atoms with E-state index in [1.807, 2.05) is 0 Å². The Morgan fingerprint density at radius 3 is 2.56 bits per heavy atom. The SMILES string of the molecule is CN(Cc1cccc2c1CC[C@H]1[C@@H]2CCN1CCCCNC(=O)c1ccc(S(C)(=O)=O)cc1)C(=O)O. The number of benzene rings is 2. The smallest absolute Gasteiger partial charge is 0.407 e. The van der Waals surface area contributed by atoms with E-state index in [0.717, 1.165) is 57.0 Å². The Hall–Kier alpha value is -2.91. The fraction of sp³-hybridized carbons (Fsp3) is 0.481. The number of nitrogens with zero attached hydrogens (tertiary/aromatic N) is 2. The maximum Gasteiger partial charge on any atom is 0.407 e. The lowest BCUT2D eigenvalue weighted by Gasteiger charge is -2.34. The normalized spacial score (nSPS) is 19.4. The molecule has 194 valence electrons. The molecule has 2 N–H and O–H groups in total. The zero-order chi connectivity index (χ0) is 25.9. The van der Waals surface area contributed by atoms with Crippen LogP contribution in [-0.2, 0) is 22.8 Å². The summed E-state index contributed by atoms with van der Waals surface area (Å²) in [5.41, 5.74) is 4.30. The van der Waals surface area contributed by atoms with Crippen LogP contribution in [0.3, 0.4) is 0 Å². The molecule has 9 heteroatoms. The van der Waals surface area contributed by atoms with Gasteiger partial charge in [-0.05, 0) is 86.1 Å². The Morgan fingerprint density at radius 1 is 1.11 bits per heavy atom. The van der Waals surface area contributed by atoms with Crippen molar-refractivity contribution < 1.29 is 23.1 Å². The van der Waals surface area contributed by atoms with Crippen LogP contribution < -0.4 is 5.32 Å². The van der Waals surface area contributed by atoms with Crippen molar-refractivity contribution in [2.45, 2.75) is 55.5 Å². The van der Waals surface area contributed by atoms with Crippen molar-refractivity contribution in [2.24, 2.45) is 0 Å². The van der Waals surface area contributed by atoms with Gasteiger partial charge in [-0.25, -0.2) is 13.2 Å². The minimum absolute atomic E-state index is 0.190. The maximum atomic E-state index is 12.4. The molecule has 0 aromatic heterocycles. The highest BCUT2D eigenvalue weighted by molar-refractivity contribution is 7.90. The van der Waals surface area contributed by atoms with Crippen LogP contribution in [0.25, 0.3) is 0 Å². The van der Waals surface area contributed by atoms with Crippen LogP contribution in [0.5, 0.6) is 0 Å². The van der Waals surface area contributed by atoms with Gasteiger partial charge in [0.25, 0.3) is 5.91 Å². The van der Waals surface area contributed by atoms with E-state index in [9.17, 15) is 23.1 Å². The second kappa shape index (κ2) is 11.0. The highest BCUT2D eigenvalue weighted by Gasteiger charge is 2.38. The molecule has 0 spiro atoms. The Balaban J connectivity index is 1.25. The van der Waals surface area contributed by atoms with Crippen LogP contribution >= 0.6 is 0 Å². The van der Waals surface area contributed by atoms with Crippen molar-refractivity contribution in [3.63, 3.8) is 0 Å². The van der Waals surface area contributed by atoms with Gasteiger partial charge in [-0.15, -0.1) is 0 Å². The minimum Gasteiger partial charge on any atom is -0.465 e. The first-order chi connectivity index (χ1) is 17.1. The fourth-order valence-electron chi connectivity index (χ4n) is 5.61. The Labute approximate surface area is 213 Å². The molecule has 4 rings (SSSR count). The second-order valence-corrected chi connectivity index (χ2v) is 11.9. The van der Waals surface area contributed by atoms with E-state index in [-0.39, 0.29) is 10.8 Å². The fourth-order valence-corrected chi connectivity index (χ4v) is 6.24. The number of rotatable bonds is 9. The quantitative estimate of drug-likeness (QED) is 0.497. The van der Waals surface area contributed by atoms with Crippen LogP contribution in [0.4, 0.5) is 4.79 Å². The average Bonchev–Trinajstić information content (AvgIpc) is 3.27. The third kappa shape index (κ3) is 5.90. The maximum absolute atomic E-state index is 12.4. The minimum atomic E-state index is -3.27. The summed E-state index contributed by atoms with van der Waals surface area (Å²) < 4.78 is 23.1. The standard InChI is InChI=1S/C27H35N3O5S/c1-29(27(32)33)18-20-6-5-7-23-22(20)12-13-25-24(23)14-17-30(25)16-4-3-15-28-26(31)19-8-10-21(11-9-19)36(2,34)35/h5-11,24-25H,3-4,12-18H2,1-2H3,(H,28,31)(H,32,33)/t24-,25+/m1/s1. The molecule has 2 aliphatic rings. The Bertz CT molecular complexity index is 1210. The molecule has 0 bridgehead atoms. The van der Waals surface area contributed by atoms with Crippen molar-refractivity contribution in [3.8, 4) is 0 Å². The summed E-state index contributed by atoms with van der Waals surface area (Å²) in [6.07, 6.45) is 5.30. The number of carbonyl (C=O) groups excluding carboxylic acids is 1. The molecule has 1 aliphatic carbocycles. The van der Waals surface area contributed by atoms with Gasteiger partial charge in [0.15, 0.2) is 9.84 Å². The number of carboxylic acid groups (broad SMARTS) is 1. The van der Waals surface area contributed by atoms with Gasteiger partial charge >= 0.3 is 6.09 Å². The number of unbranched alkanes of at least 4 members (excludes halogenated alkanes) is 1. The molecule has 2 amide bonds. The molecule has 1 aliphatic heterocycles. The molecule has 2 aromatic carbocycles. The summed E-state index contributed by atoms with van der Waals surface area (Å²) in [5.74, 6) is 0.308. The van der Waals surface area contributed by atoms with Crippen molar-refractivity contribution in [2.75, 3.05) is 32.9 Å². The molecular weight excluding hydrogens is 478 g/mol. The molecule has 2 atom stereocenters. The van der Waals surface area contributed by atoms with E-state index in [0.29, 0.717) is 30.6 Å². The van der Waals surface area contributed by atoms with Gasteiger partial charge in [-0.3, -0.25) is 9.69 Å². The van der Waals surface area contributed by atoms with Gasteiger partial charge in [0.2, 0.25) is 0 Å². The monoisotopic (exact) mass is 513 g/mol. The number of amides is 2. The Morgan fingerprint density at radius 2 is 1.86 bits per heavy atom. The predicted molar refractivity (Wildman–Crippen MR) is 138 cm³/mol. The number of likely N-dealkylation sites (tertiary alicyclic amines) is 1. The van der Waals surface area contributed by atoms with Gasteiger partial charge in [0, 0.05) is 43.9 Å². The van der Waals surface area contributed by atoms with E-state index in [2.05, 4.69) is 28.4 Å². The topological polar surface area (TPSA) is 107 Å². The lowest BCUT2D eigenvalue weighted by molar-refractivity contribution is 0.0952. The summed E-state index contributed by atoms with van der Waals surface area (Å²) in [4.78, 5) is 27.8. The predicted octanol–water partition coefficient (Wildman–Crippen LogP) is 3.51. The zero-order valence-electron chi connectivity index (χ0n) is 20.9. The van der Waals surface area contributed by atoms with Crippen LogP contribution in [0.15, 0.2) is 47.4 Å². The van der Waals surface area contributed by atoms with Gasteiger partial charge < -0.3 is 15.3 Å². The van der Waals surface area contributed by atoms with Crippen molar-refractivity contribution >= 4 is 21.8 Å². The third-order valence-corrected chi connectivity index (χ3v) is 8.62. The first-order valence-corrected chi connectivity index (χ1v) is 14.4. The van der Waals surface area contributed by atoms with Crippen molar-refractivity contribution in [3.05, 3.63) is 64.7 Å². The summed E-state index contributed by atoms with van der Waals surface area (Å²) in [5, 5.41) is 12.2. The lowest BCUT2D eigenvalue weighted by atomic mass is 9.77. The van der Waals surface area contributed by atoms with Gasteiger partial charge in [-0.2, -0.15) is 0 Å². The number of fused-ring (bicyclic) bond motifs is 3. The van der Waals surface area contributed by atoms with Crippen LogP contribution in [0.2, 0.25) is 0 Å². The lowest BCUT2D eigenvalue weighted by Crippen LogP contribution is -2.36.